The van der Waals surface area contributed by atoms with Gasteiger partial charge in [0, 0.05) is 38.5 Å². The number of carbonyl (C=O) groups excluding carboxylic acids is 3. The molecule has 0 saturated carbocycles. The van der Waals surface area contributed by atoms with Gasteiger partial charge in [0.1, 0.15) is 10.9 Å². The Morgan fingerprint density at radius 2 is 1.93 bits per heavy atom. The number of aryl methyl sites for hydroxylation is 1. The van der Waals surface area contributed by atoms with Crippen LogP contribution in [0.1, 0.15) is 59.4 Å². The second-order valence-corrected chi connectivity index (χ2v) is 14.1. The summed E-state index contributed by atoms with van der Waals surface area (Å²) in [7, 11) is -4.75. The average molecular weight is 701 g/mol. The molecule has 1 atom stereocenters. The summed E-state index contributed by atoms with van der Waals surface area (Å²) in [5.74, 6) is -1.50. The van der Waals surface area contributed by atoms with Crippen LogP contribution in [-0.2, 0) is 19.6 Å². The highest BCUT2D eigenvalue weighted by Gasteiger charge is 2.36. The molecule has 18 heteroatoms. The molecule has 248 valence electrons. The van der Waals surface area contributed by atoms with Crippen molar-refractivity contribution in [2.45, 2.75) is 62.5 Å². The first-order chi connectivity index (χ1) is 21.9. The van der Waals surface area contributed by atoms with E-state index in [1.165, 1.54) is 34.1 Å². The van der Waals surface area contributed by atoms with Gasteiger partial charge in [0.2, 0.25) is 27.7 Å². The molecule has 2 N–H and O–H groups in total. The van der Waals surface area contributed by atoms with E-state index in [0.29, 0.717) is 41.7 Å². The van der Waals surface area contributed by atoms with Gasteiger partial charge in [0.25, 0.3) is 5.91 Å². The molecular formula is C28H31ClF2N6O7S2. The van der Waals surface area contributed by atoms with Crippen LogP contribution in [0, 0.1) is 6.92 Å². The minimum Gasteiger partial charge on any atom is -0.431 e. The number of para-hydroxylation sites is 1. The van der Waals surface area contributed by atoms with Crippen molar-refractivity contribution in [2.24, 2.45) is 0 Å². The first-order valence-electron chi connectivity index (χ1n) is 14.5. The predicted molar refractivity (Wildman–Crippen MR) is 163 cm³/mol. The molecule has 13 nitrogen and oxygen atoms in total. The molecule has 0 aliphatic carbocycles. The van der Waals surface area contributed by atoms with Gasteiger partial charge >= 0.3 is 6.61 Å². The van der Waals surface area contributed by atoms with E-state index in [4.69, 9.17) is 20.9 Å². The number of nitrogens with zero attached hydrogens (tertiary/aromatic N) is 4. The molecule has 3 aromatic rings. The summed E-state index contributed by atoms with van der Waals surface area (Å²) in [6.45, 7) is -1.54. The minimum absolute atomic E-state index is 0.0991. The summed E-state index contributed by atoms with van der Waals surface area (Å²) in [6, 6.07) is 5.13. The molecule has 2 fully saturated rings. The highest BCUT2D eigenvalue weighted by atomic mass is 35.5. The summed E-state index contributed by atoms with van der Waals surface area (Å²) in [4.78, 5) is 45.7. The van der Waals surface area contributed by atoms with E-state index < -0.39 is 51.7 Å². The maximum atomic E-state index is 13.8. The van der Waals surface area contributed by atoms with Crippen LogP contribution < -0.4 is 19.7 Å². The minimum atomic E-state index is -4.75. The number of hydrogen-bond donors (Lipinski definition) is 2. The Balaban J connectivity index is 1.41. The zero-order chi connectivity index (χ0) is 33.0. The van der Waals surface area contributed by atoms with E-state index in [-0.39, 0.29) is 48.4 Å². The fourth-order valence-corrected chi connectivity index (χ4v) is 7.69. The van der Waals surface area contributed by atoms with Gasteiger partial charge in [-0.05, 0) is 56.9 Å². The Labute approximate surface area is 272 Å². The number of halogens is 3. The van der Waals surface area contributed by atoms with E-state index in [9.17, 15) is 31.6 Å². The lowest BCUT2D eigenvalue weighted by molar-refractivity contribution is -0.134. The van der Waals surface area contributed by atoms with Crippen molar-refractivity contribution in [3.8, 4) is 5.75 Å². The van der Waals surface area contributed by atoms with Gasteiger partial charge in [-0.3, -0.25) is 14.4 Å². The molecule has 5 rings (SSSR count). The number of carbonyl (C=O) groups is 3. The van der Waals surface area contributed by atoms with E-state index >= 15 is 0 Å². The number of sulfonamides is 1. The molecule has 3 amide bonds. The van der Waals surface area contributed by atoms with Gasteiger partial charge in [-0.1, -0.05) is 22.8 Å². The number of rotatable bonds is 11. The number of alkyl halides is 2. The van der Waals surface area contributed by atoms with Crippen molar-refractivity contribution in [2.75, 3.05) is 31.1 Å². The lowest BCUT2D eigenvalue weighted by Crippen LogP contribution is -2.55. The predicted octanol–water partition coefficient (Wildman–Crippen LogP) is 3.69. The molecule has 0 unspecified atom stereocenters. The first kappa shape index (κ1) is 33.7. The van der Waals surface area contributed by atoms with Gasteiger partial charge in [-0.2, -0.15) is 18.5 Å². The van der Waals surface area contributed by atoms with Crippen LogP contribution in [0.15, 0.2) is 39.8 Å². The van der Waals surface area contributed by atoms with Crippen molar-refractivity contribution in [3.63, 3.8) is 0 Å². The molecule has 0 radical (unpaired) electrons. The SMILES string of the molecule is Cc1noc(C2CCN(C(=O)[C@H](CNC(=O)c3ccc(Cl)s3)NS(=O)(=O)c3cccc(N4CCCCC4=O)c3OC(F)F)CC2)n1. The normalized spacial score (nSPS) is 16.9. The fraction of sp³-hybridized carbons (Fsp3) is 0.464. The number of amides is 3. The number of ether oxygens (including phenoxy) is 1. The number of thiophene rings is 1. The molecule has 0 spiro atoms. The smallest absolute Gasteiger partial charge is 0.387 e. The molecule has 1 aromatic carbocycles. The van der Waals surface area contributed by atoms with Crippen LogP contribution in [0.3, 0.4) is 0 Å². The first-order valence-corrected chi connectivity index (χ1v) is 17.1. The van der Waals surface area contributed by atoms with Crippen molar-refractivity contribution in [1.29, 1.82) is 0 Å². The van der Waals surface area contributed by atoms with Crippen LogP contribution >= 0.6 is 22.9 Å². The standard InChI is InChI=1S/C28H31ClF2N6O7S2/c1-16-33-26(44-34-16)17-10-13-36(14-11-17)27(40)18(15-32-25(39)20-8-9-22(29)45-20)35-46(41,42)21-6-4-5-19(24(21)43-28(30)31)37-12-3-2-7-23(37)38/h4-6,8-9,17-18,28,35H,2-3,7,10-15H2,1H3,(H,32,39)/t18-/m0/s1. The molecule has 2 saturated heterocycles. The van der Waals surface area contributed by atoms with Crippen molar-refractivity contribution < 1.29 is 40.8 Å². The van der Waals surface area contributed by atoms with Gasteiger partial charge in [-0.15, -0.1) is 11.3 Å². The zero-order valence-electron chi connectivity index (χ0n) is 24.6. The Bertz CT molecular complexity index is 1690. The van der Waals surface area contributed by atoms with E-state index in [1.807, 2.05) is 0 Å². The second-order valence-electron chi connectivity index (χ2n) is 10.8. The number of nitrogens with one attached hydrogen (secondary N) is 2. The summed E-state index contributed by atoms with van der Waals surface area (Å²) in [5, 5.41) is 6.37. The summed E-state index contributed by atoms with van der Waals surface area (Å²) in [5.41, 5.74) is -0.128. The topological polar surface area (TPSA) is 164 Å². The Kier molecular flexibility index (Phi) is 10.5. The van der Waals surface area contributed by atoms with Crippen molar-refractivity contribution in [1.82, 2.24) is 25.1 Å². The van der Waals surface area contributed by atoms with Crippen LogP contribution in [0.25, 0.3) is 0 Å². The van der Waals surface area contributed by atoms with Crippen LogP contribution in [0.2, 0.25) is 4.34 Å². The van der Waals surface area contributed by atoms with Gasteiger partial charge in [-0.25, -0.2) is 8.42 Å². The summed E-state index contributed by atoms with van der Waals surface area (Å²) in [6.07, 6.45) is 2.29. The maximum Gasteiger partial charge on any atom is 0.387 e. The van der Waals surface area contributed by atoms with Gasteiger partial charge in [0.05, 0.1) is 14.9 Å². The van der Waals surface area contributed by atoms with Gasteiger partial charge in [0.15, 0.2) is 11.6 Å². The highest BCUT2D eigenvalue weighted by Crippen LogP contribution is 2.38. The number of piperidine rings is 2. The van der Waals surface area contributed by atoms with Crippen LogP contribution in [0.5, 0.6) is 5.75 Å². The average Bonchev–Trinajstić information content (AvgIpc) is 3.67. The third-order valence-corrected chi connectivity index (χ3v) is 10.4. The number of aromatic nitrogens is 2. The third kappa shape index (κ3) is 7.82. The molecule has 0 bridgehead atoms. The molecule has 46 heavy (non-hydrogen) atoms. The molecule has 4 heterocycles. The highest BCUT2D eigenvalue weighted by molar-refractivity contribution is 7.89. The van der Waals surface area contributed by atoms with Crippen LogP contribution in [-0.4, -0.2) is 80.0 Å². The Morgan fingerprint density at radius 3 is 2.57 bits per heavy atom. The molecular weight excluding hydrogens is 670 g/mol. The number of benzene rings is 1. The van der Waals surface area contributed by atoms with E-state index in [2.05, 4.69) is 20.2 Å². The molecule has 2 aliphatic rings. The number of likely N-dealkylation sites (tertiary alicyclic amines) is 1. The van der Waals surface area contributed by atoms with E-state index in [1.54, 1.807) is 6.92 Å². The Morgan fingerprint density at radius 1 is 1.17 bits per heavy atom. The summed E-state index contributed by atoms with van der Waals surface area (Å²) >= 11 is 6.94. The van der Waals surface area contributed by atoms with Crippen molar-refractivity contribution in [3.05, 3.63) is 51.3 Å². The maximum absolute atomic E-state index is 13.8. The lowest BCUT2D eigenvalue weighted by atomic mass is 9.96. The fourth-order valence-electron chi connectivity index (χ4n) is 5.39. The summed E-state index contributed by atoms with van der Waals surface area (Å²) < 4.78 is 67.5. The second kappa shape index (κ2) is 14.4. The van der Waals surface area contributed by atoms with Crippen LogP contribution in [0.4, 0.5) is 14.5 Å². The zero-order valence-corrected chi connectivity index (χ0v) is 27.0. The van der Waals surface area contributed by atoms with Gasteiger partial charge < -0.3 is 24.4 Å². The number of anilines is 1. The largest absolute Gasteiger partial charge is 0.431 e. The Hall–Kier alpha value is -3.67. The molecule has 2 aliphatic heterocycles. The number of hydrogen-bond acceptors (Lipinski definition) is 10. The van der Waals surface area contributed by atoms with Crippen molar-refractivity contribution >= 4 is 56.4 Å². The monoisotopic (exact) mass is 700 g/mol. The third-order valence-electron chi connectivity index (χ3n) is 7.63. The lowest BCUT2D eigenvalue weighted by Gasteiger charge is -2.33. The van der Waals surface area contributed by atoms with E-state index in [0.717, 1.165) is 17.4 Å². The quantitative estimate of drug-likeness (QED) is 0.304. The molecule has 2 aromatic heterocycles.